The average molecular weight is 1130 g/mol. The van der Waals surface area contributed by atoms with E-state index >= 15 is 0 Å². The molecule has 0 aromatic heterocycles. The largest absolute Gasteiger partial charge is 0.462 e. The maximum absolute atomic E-state index is 12.9. The quantitative estimate of drug-likeness (QED) is 0.0261. The highest BCUT2D eigenvalue weighted by Gasteiger charge is 2.19. The number of rotatable bonds is 63. The summed E-state index contributed by atoms with van der Waals surface area (Å²) >= 11 is 0. The van der Waals surface area contributed by atoms with Gasteiger partial charge in [0.2, 0.25) is 0 Å². The van der Waals surface area contributed by atoms with Crippen LogP contribution in [0.2, 0.25) is 0 Å². The first-order valence-electron chi connectivity index (χ1n) is 34.7. The topological polar surface area (TPSA) is 78.9 Å². The van der Waals surface area contributed by atoms with E-state index in [1.807, 2.05) is 0 Å². The van der Waals surface area contributed by atoms with E-state index in [4.69, 9.17) is 14.2 Å². The molecule has 0 amide bonds. The fraction of sp³-hybridized carbons (Fsp3) is 0.747. The lowest BCUT2D eigenvalue weighted by Crippen LogP contribution is -2.30. The second kappa shape index (κ2) is 68.8. The van der Waals surface area contributed by atoms with Crippen LogP contribution in [0, 0.1) is 0 Å². The number of allylic oxidation sites excluding steroid dienone is 16. The first kappa shape index (κ1) is 77.3. The Labute approximate surface area is 502 Å². The molecule has 1 atom stereocenters. The normalized spacial score (nSPS) is 12.7. The Hall–Kier alpha value is -3.67. The minimum absolute atomic E-state index is 0.0939. The van der Waals surface area contributed by atoms with Crippen molar-refractivity contribution < 1.29 is 28.6 Å². The molecule has 0 bridgehead atoms. The van der Waals surface area contributed by atoms with Gasteiger partial charge < -0.3 is 14.2 Å². The van der Waals surface area contributed by atoms with Crippen molar-refractivity contribution in [3.63, 3.8) is 0 Å². The molecule has 466 valence electrons. The zero-order chi connectivity index (χ0) is 58.5. The van der Waals surface area contributed by atoms with Crippen LogP contribution in [0.5, 0.6) is 0 Å². The van der Waals surface area contributed by atoms with Gasteiger partial charge in [-0.25, -0.2) is 0 Å². The van der Waals surface area contributed by atoms with Gasteiger partial charge in [-0.05, 0) is 122 Å². The Morgan fingerprint density at radius 3 is 0.802 bits per heavy atom. The standard InChI is InChI=1S/C75H130O6/c1-4-7-10-13-16-19-22-25-28-30-32-33-34-35-36-37-38-39-40-41-43-44-47-50-53-56-59-62-65-68-74(77)80-71-72(70-79-73(76)67-64-61-58-55-52-49-46-27-24-21-18-15-12-9-6-3)81-75(78)69-66-63-60-57-54-51-48-45-42-31-29-26-23-20-17-14-11-8-5-2/h8,11,17-18,20-21,26-27,29-30,32,42,45-46,51,54,72H,4-7,9-10,12-16,19,22-25,28,31,33-41,43-44,47-50,52-53,55-71H2,1-3H3/b11-8-,20-17-,21-18-,29-26-,32-30-,45-42-,46-27-,54-51-. The maximum atomic E-state index is 12.9. The number of hydrogen-bond donors (Lipinski definition) is 0. The molecular formula is C75H130O6. The van der Waals surface area contributed by atoms with Crippen molar-refractivity contribution in [1.82, 2.24) is 0 Å². The highest BCUT2D eigenvalue weighted by Crippen LogP contribution is 2.17. The molecule has 0 aliphatic rings. The summed E-state index contributed by atoms with van der Waals surface area (Å²) in [7, 11) is 0. The molecule has 0 saturated carbocycles. The summed E-state index contributed by atoms with van der Waals surface area (Å²) in [6.07, 6.45) is 92.9. The average Bonchev–Trinajstić information content (AvgIpc) is 3.47. The van der Waals surface area contributed by atoms with Gasteiger partial charge in [0.1, 0.15) is 13.2 Å². The molecule has 0 radical (unpaired) electrons. The number of carbonyl (C=O) groups excluding carboxylic acids is 3. The predicted octanol–water partition coefficient (Wildman–Crippen LogP) is 24.0. The van der Waals surface area contributed by atoms with Gasteiger partial charge in [-0.1, -0.05) is 298 Å². The van der Waals surface area contributed by atoms with Crippen LogP contribution >= 0.6 is 0 Å². The Morgan fingerprint density at radius 2 is 0.481 bits per heavy atom. The zero-order valence-electron chi connectivity index (χ0n) is 53.5. The second-order valence-electron chi connectivity index (χ2n) is 23.1. The molecule has 1 unspecified atom stereocenters. The van der Waals surface area contributed by atoms with Crippen LogP contribution in [0.1, 0.15) is 342 Å². The molecule has 0 spiro atoms. The van der Waals surface area contributed by atoms with Crippen LogP contribution in [0.25, 0.3) is 0 Å². The molecule has 0 aromatic rings. The fourth-order valence-corrected chi connectivity index (χ4v) is 9.85. The minimum atomic E-state index is -0.803. The summed E-state index contributed by atoms with van der Waals surface area (Å²) in [6, 6.07) is 0. The van der Waals surface area contributed by atoms with Crippen LogP contribution in [0.4, 0.5) is 0 Å². The molecule has 0 aromatic carbocycles. The Kier molecular flexibility index (Phi) is 65.7. The van der Waals surface area contributed by atoms with Gasteiger partial charge in [-0.15, -0.1) is 0 Å². The van der Waals surface area contributed by atoms with Crippen molar-refractivity contribution in [3.8, 4) is 0 Å². The van der Waals surface area contributed by atoms with Crippen LogP contribution in [0.3, 0.4) is 0 Å². The first-order chi connectivity index (χ1) is 40.0. The van der Waals surface area contributed by atoms with E-state index in [-0.39, 0.29) is 37.5 Å². The molecule has 6 nitrogen and oxygen atoms in total. The van der Waals surface area contributed by atoms with E-state index in [0.717, 1.165) is 122 Å². The predicted molar refractivity (Wildman–Crippen MR) is 353 cm³/mol. The van der Waals surface area contributed by atoms with Gasteiger partial charge in [-0.2, -0.15) is 0 Å². The second-order valence-corrected chi connectivity index (χ2v) is 23.1. The lowest BCUT2D eigenvalue weighted by atomic mass is 10.0. The molecule has 0 aliphatic carbocycles. The maximum Gasteiger partial charge on any atom is 0.306 e. The third kappa shape index (κ3) is 67.0. The van der Waals surface area contributed by atoms with Gasteiger partial charge in [0.15, 0.2) is 6.10 Å². The molecule has 0 rings (SSSR count). The van der Waals surface area contributed by atoms with E-state index in [9.17, 15) is 14.4 Å². The van der Waals surface area contributed by atoms with Gasteiger partial charge in [0.25, 0.3) is 0 Å². The SMILES string of the molecule is CC/C=C\C/C=C\C/C=C\C/C=C\C/C=C\CCCCCC(=O)OC(COC(=O)CCCCCCC/C=C\C/C=C\CCCCC)COC(=O)CCCCCCCCCCCCCCCCCCC/C=C\CCCCCCCCCC. The Bertz CT molecular complexity index is 1580. The molecule has 0 aliphatic heterocycles. The van der Waals surface area contributed by atoms with Crippen molar-refractivity contribution in [1.29, 1.82) is 0 Å². The van der Waals surface area contributed by atoms with Gasteiger partial charge >= 0.3 is 17.9 Å². The highest BCUT2D eigenvalue weighted by atomic mass is 16.6. The minimum Gasteiger partial charge on any atom is -0.462 e. The van der Waals surface area contributed by atoms with Crippen molar-refractivity contribution in [3.05, 3.63) is 97.2 Å². The summed E-state index contributed by atoms with van der Waals surface area (Å²) in [5, 5.41) is 0. The van der Waals surface area contributed by atoms with E-state index in [0.29, 0.717) is 12.8 Å². The molecule has 6 heteroatoms. The molecule has 0 heterocycles. The Balaban J connectivity index is 4.30. The van der Waals surface area contributed by atoms with E-state index in [1.165, 1.54) is 180 Å². The van der Waals surface area contributed by atoms with Crippen LogP contribution in [-0.4, -0.2) is 37.2 Å². The van der Waals surface area contributed by atoms with Gasteiger partial charge in [0.05, 0.1) is 0 Å². The lowest BCUT2D eigenvalue weighted by Gasteiger charge is -2.18. The number of ether oxygens (including phenoxy) is 3. The highest BCUT2D eigenvalue weighted by molar-refractivity contribution is 5.71. The summed E-state index contributed by atoms with van der Waals surface area (Å²) in [5.74, 6) is -0.928. The van der Waals surface area contributed by atoms with Crippen LogP contribution in [0.15, 0.2) is 97.2 Å². The third-order valence-corrected chi connectivity index (χ3v) is 15.0. The number of carbonyl (C=O) groups is 3. The molecule has 81 heavy (non-hydrogen) atoms. The molecule has 0 N–H and O–H groups in total. The fourth-order valence-electron chi connectivity index (χ4n) is 9.85. The third-order valence-electron chi connectivity index (χ3n) is 15.0. The van der Waals surface area contributed by atoms with Crippen molar-refractivity contribution in [2.75, 3.05) is 13.2 Å². The lowest BCUT2D eigenvalue weighted by molar-refractivity contribution is -0.167. The first-order valence-corrected chi connectivity index (χ1v) is 34.7. The number of unbranched alkanes of at least 4 members (excludes halogenated alkanes) is 36. The summed E-state index contributed by atoms with van der Waals surface area (Å²) in [4.78, 5) is 38.4. The molecule has 0 fully saturated rings. The molecule has 0 saturated heterocycles. The van der Waals surface area contributed by atoms with Crippen molar-refractivity contribution in [2.24, 2.45) is 0 Å². The summed E-state index contributed by atoms with van der Waals surface area (Å²) in [6.45, 7) is 6.50. The Morgan fingerprint density at radius 1 is 0.259 bits per heavy atom. The van der Waals surface area contributed by atoms with E-state index < -0.39 is 6.10 Å². The van der Waals surface area contributed by atoms with Crippen molar-refractivity contribution >= 4 is 17.9 Å². The van der Waals surface area contributed by atoms with Gasteiger partial charge in [0, 0.05) is 19.3 Å². The summed E-state index contributed by atoms with van der Waals surface area (Å²) in [5.41, 5.74) is 0. The number of esters is 3. The van der Waals surface area contributed by atoms with E-state index in [1.54, 1.807) is 0 Å². The smallest absolute Gasteiger partial charge is 0.306 e. The molecular weight excluding hydrogens is 997 g/mol. The van der Waals surface area contributed by atoms with Crippen LogP contribution < -0.4 is 0 Å². The number of hydrogen-bond acceptors (Lipinski definition) is 6. The zero-order valence-corrected chi connectivity index (χ0v) is 53.5. The summed E-state index contributed by atoms with van der Waals surface area (Å²) < 4.78 is 16.9. The van der Waals surface area contributed by atoms with Gasteiger partial charge in [-0.3, -0.25) is 14.4 Å². The monoisotopic (exact) mass is 1130 g/mol. The van der Waals surface area contributed by atoms with Crippen molar-refractivity contribution in [2.45, 2.75) is 348 Å². The van der Waals surface area contributed by atoms with E-state index in [2.05, 4.69) is 118 Å². The van der Waals surface area contributed by atoms with Crippen LogP contribution in [-0.2, 0) is 28.6 Å².